The van der Waals surface area contributed by atoms with Gasteiger partial charge in [0.1, 0.15) is 18.0 Å². The van der Waals surface area contributed by atoms with Gasteiger partial charge in [-0.25, -0.2) is 0 Å². The van der Waals surface area contributed by atoms with Crippen LogP contribution in [0, 0.1) is 6.92 Å². The zero-order valence-electron chi connectivity index (χ0n) is 10.1. The lowest BCUT2D eigenvalue weighted by molar-refractivity contribution is 0.385. The van der Waals surface area contributed by atoms with E-state index in [1.54, 1.807) is 6.07 Å². The smallest absolute Gasteiger partial charge is 0.206 e. The first kappa shape index (κ1) is 11.9. The molecule has 3 aromatic rings. The Kier molecular flexibility index (Phi) is 3.00. The maximum atomic E-state index is 6.09. The molecule has 0 bridgehead atoms. The lowest BCUT2D eigenvalue weighted by atomic mass is 10.2. The van der Waals surface area contributed by atoms with Crippen molar-refractivity contribution in [2.75, 3.05) is 0 Å². The number of rotatable bonds is 3. The van der Waals surface area contributed by atoms with Crippen LogP contribution in [0.4, 0.5) is 0 Å². The molecule has 0 fully saturated rings. The Balaban J connectivity index is 1.86. The average Bonchev–Trinajstić information content (AvgIpc) is 3.00. The second kappa shape index (κ2) is 4.81. The van der Waals surface area contributed by atoms with Crippen LogP contribution in [-0.4, -0.2) is 25.4 Å². The van der Waals surface area contributed by atoms with E-state index in [2.05, 4.69) is 20.6 Å². The van der Waals surface area contributed by atoms with Gasteiger partial charge in [0.25, 0.3) is 0 Å². The van der Waals surface area contributed by atoms with Gasteiger partial charge >= 0.3 is 0 Å². The molecule has 6 nitrogen and oxygen atoms in total. The maximum Gasteiger partial charge on any atom is 0.206 e. The van der Waals surface area contributed by atoms with Crippen LogP contribution in [0.3, 0.4) is 0 Å². The second-order valence-electron chi connectivity index (χ2n) is 4.05. The van der Waals surface area contributed by atoms with E-state index >= 15 is 0 Å². The van der Waals surface area contributed by atoms with Gasteiger partial charge < -0.3 is 4.52 Å². The number of aryl methyl sites for hydroxylation is 1. The normalized spacial score (nSPS) is 10.8. The molecule has 19 heavy (non-hydrogen) atoms. The number of benzene rings is 1. The summed E-state index contributed by atoms with van der Waals surface area (Å²) in [6, 6.07) is 9.21. The molecule has 0 aliphatic carbocycles. The van der Waals surface area contributed by atoms with E-state index in [4.69, 9.17) is 16.1 Å². The summed E-state index contributed by atoms with van der Waals surface area (Å²) in [4.78, 5) is 1.45. The summed E-state index contributed by atoms with van der Waals surface area (Å²) in [5, 5.41) is 16.7. The third kappa shape index (κ3) is 2.48. The number of aromatic nitrogens is 5. The van der Waals surface area contributed by atoms with Crippen molar-refractivity contribution < 1.29 is 4.52 Å². The topological polar surface area (TPSA) is 69.6 Å². The molecule has 0 spiro atoms. The molecule has 7 heteroatoms. The maximum absolute atomic E-state index is 6.09. The van der Waals surface area contributed by atoms with Gasteiger partial charge in [0, 0.05) is 11.6 Å². The molecule has 0 radical (unpaired) electrons. The van der Waals surface area contributed by atoms with Crippen molar-refractivity contribution in [2.45, 2.75) is 13.5 Å². The Hall–Kier alpha value is -2.21. The number of hydrogen-bond donors (Lipinski definition) is 0. The largest absolute Gasteiger partial charge is 0.361 e. The standard InChI is InChI=1S/C12H10ClN5O/c1-8-6-9(16-19-8)7-18-15-12(14-17-18)10-4-2-3-5-11(10)13/h2-6H,7H2,1H3. The van der Waals surface area contributed by atoms with E-state index in [1.165, 1.54) is 4.80 Å². The molecule has 0 saturated carbocycles. The fourth-order valence-electron chi connectivity index (χ4n) is 1.70. The van der Waals surface area contributed by atoms with Gasteiger partial charge in [-0.3, -0.25) is 0 Å². The fourth-order valence-corrected chi connectivity index (χ4v) is 1.92. The van der Waals surface area contributed by atoms with Crippen LogP contribution in [0.15, 0.2) is 34.9 Å². The van der Waals surface area contributed by atoms with Crippen molar-refractivity contribution in [1.29, 1.82) is 0 Å². The van der Waals surface area contributed by atoms with Gasteiger partial charge in [-0.1, -0.05) is 28.9 Å². The number of hydrogen-bond acceptors (Lipinski definition) is 5. The van der Waals surface area contributed by atoms with Crippen molar-refractivity contribution in [3.63, 3.8) is 0 Å². The number of halogens is 1. The molecule has 2 heterocycles. The minimum atomic E-state index is 0.412. The van der Waals surface area contributed by atoms with Crippen LogP contribution < -0.4 is 0 Å². The first-order valence-corrected chi connectivity index (χ1v) is 6.05. The van der Waals surface area contributed by atoms with Crippen LogP contribution in [-0.2, 0) is 6.54 Å². The zero-order chi connectivity index (χ0) is 13.2. The first-order valence-electron chi connectivity index (χ1n) is 5.67. The van der Waals surface area contributed by atoms with E-state index in [1.807, 2.05) is 31.2 Å². The summed E-state index contributed by atoms with van der Waals surface area (Å²) in [6.45, 7) is 2.25. The Morgan fingerprint density at radius 3 is 2.89 bits per heavy atom. The molecule has 96 valence electrons. The molecular formula is C12H10ClN5O. The molecule has 1 aromatic carbocycles. The molecule has 2 aromatic heterocycles. The Morgan fingerprint density at radius 2 is 2.16 bits per heavy atom. The molecule has 0 aliphatic rings. The van der Waals surface area contributed by atoms with Crippen molar-refractivity contribution in [1.82, 2.24) is 25.4 Å². The van der Waals surface area contributed by atoms with Crippen molar-refractivity contribution in [3.8, 4) is 11.4 Å². The van der Waals surface area contributed by atoms with Gasteiger partial charge in [-0.2, -0.15) is 4.80 Å². The van der Waals surface area contributed by atoms with Gasteiger partial charge in [-0.15, -0.1) is 10.2 Å². The highest BCUT2D eigenvalue weighted by Crippen LogP contribution is 2.23. The summed E-state index contributed by atoms with van der Waals surface area (Å²) < 4.78 is 4.99. The highest BCUT2D eigenvalue weighted by Gasteiger charge is 2.10. The van der Waals surface area contributed by atoms with Crippen molar-refractivity contribution >= 4 is 11.6 Å². The van der Waals surface area contributed by atoms with E-state index in [9.17, 15) is 0 Å². The Morgan fingerprint density at radius 1 is 1.32 bits per heavy atom. The third-order valence-electron chi connectivity index (χ3n) is 2.55. The minimum Gasteiger partial charge on any atom is -0.361 e. The lowest BCUT2D eigenvalue weighted by Gasteiger charge is -1.96. The summed E-state index contributed by atoms with van der Waals surface area (Å²) in [5.74, 6) is 1.24. The third-order valence-corrected chi connectivity index (χ3v) is 2.88. The van der Waals surface area contributed by atoms with E-state index in [0.717, 1.165) is 17.0 Å². The molecular weight excluding hydrogens is 266 g/mol. The van der Waals surface area contributed by atoms with Crippen LogP contribution in [0.1, 0.15) is 11.5 Å². The zero-order valence-corrected chi connectivity index (χ0v) is 10.9. The minimum absolute atomic E-state index is 0.412. The highest BCUT2D eigenvalue weighted by atomic mass is 35.5. The van der Waals surface area contributed by atoms with Gasteiger partial charge in [-0.05, 0) is 24.3 Å². The van der Waals surface area contributed by atoms with Gasteiger partial charge in [0.05, 0.1) is 5.02 Å². The molecule has 0 amide bonds. The predicted octanol–water partition coefficient (Wildman–Crippen LogP) is 2.34. The van der Waals surface area contributed by atoms with Gasteiger partial charge in [0.15, 0.2) is 0 Å². The molecule has 3 rings (SSSR count). The SMILES string of the molecule is Cc1cc(Cn2nnc(-c3ccccc3Cl)n2)no1. The highest BCUT2D eigenvalue weighted by molar-refractivity contribution is 6.33. The van der Waals surface area contributed by atoms with Crippen LogP contribution in [0.5, 0.6) is 0 Å². The summed E-state index contributed by atoms with van der Waals surface area (Å²) in [7, 11) is 0. The number of tetrazole rings is 1. The molecule has 0 N–H and O–H groups in total. The van der Waals surface area contributed by atoms with Crippen molar-refractivity contribution in [2.24, 2.45) is 0 Å². The second-order valence-corrected chi connectivity index (χ2v) is 4.46. The van der Waals surface area contributed by atoms with Crippen LogP contribution in [0.2, 0.25) is 5.02 Å². The predicted molar refractivity (Wildman–Crippen MR) is 68.6 cm³/mol. The molecule has 0 unspecified atom stereocenters. The molecule has 0 atom stereocenters. The van der Waals surface area contributed by atoms with E-state index < -0.39 is 0 Å². The van der Waals surface area contributed by atoms with Gasteiger partial charge in [0.2, 0.25) is 5.82 Å². The van der Waals surface area contributed by atoms with Crippen LogP contribution >= 0.6 is 11.6 Å². The summed E-state index contributed by atoms with van der Waals surface area (Å²) in [6.07, 6.45) is 0. The lowest BCUT2D eigenvalue weighted by Crippen LogP contribution is -2.04. The Labute approximate surface area is 114 Å². The van der Waals surface area contributed by atoms with E-state index in [-0.39, 0.29) is 0 Å². The number of nitrogens with zero attached hydrogens (tertiary/aromatic N) is 5. The average molecular weight is 276 g/mol. The van der Waals surface area contributed by atoms with Crippen molar-refractivity contribution in [3.05, 3.63) is 46.8 Å². The Bertz CT molecular complexity index is 705. The fraction of sp³-hybridized carbons (Fsp3) is 0.167. The van der Waals surface area contributed by atoms with E-state index in [0.29, 0.717) is 17.4 Å². The summed E-state index contributed by atoms with van der Waals surface area (Å²) in [5.41, 5.74) is 1.51. The molecule has 0 aliphatic heterocycles. The first-order chi connectivity index (χ1) is 9.22. The quantitative estimate of drug-likeness (QED) is 0.734. The monoisotopic (exact) mass is 275 g/mol. The van der Waals surface area contributed by atoms with Crippen LogP contribution in [0.25, 0.3) is 11.4 Å². The molecule has 0 saturated heterocycles. The summed E-state index contributed by atoms with van der Waals surface area (Å²) >= 11 is 6.09.